The van der Waals surface area contributed by atoms with E-state index in [2.05, 4.69) is 19.9 Å². The Morgan fingerprint density at radius 2 is 1.90 bits per heavy atom. The number of allylic oxidation sites excluding steroid dienone is 4. The fourth-order valence-corrected chi connectivity index (χ4v) is 0.782. The Kier molecular flexibility index (Phi) is 4.55. The van der Waals surface area contributed by atoms with Crippen LogP contribution in [0.1, 0.15) is 27.2 Å². The molecule has 0 heterocycles. The average molecular weight is 137 g/mol. The molecule has 0 aromatic heterocycles. The monoisotopic (exact) mass is 137 g/mol. The van der Waals surface area contributed by atoms with Crippen molar-refractivity contribution in [3.63, 3.8) is 0 Å². The SMILES string of the molecule is CC/C=C(C)/C=C(/C)C=N. The summed E-state index contributed by atoms with van der Waals surface area (Å²) in [5, 5.41) is 6.91. The third kappa shape index (κ3) is 4.07. The van der Waals surface area contributed by atoms with Crippen molar-refractivity contribution >= 4 is 6.21 Å². The first-order valence-electron chi connectivity index (χ1n) is 3.56. The van der Waals surface area contributed by atoms with Crippen LogP contribution in [-0.2, 0) is 0 Å². The molecule has 1 nitrogen and oxygen atoms in total. The van der Waals surface area contributed by atoms with Crippen molar-refractivity contribution in [1.82, 2.24) is 0 Å². The van der Waals surface area contributed by atoms with Crippen molar-refractivity contribution in [2.75, 3.05) is 0 Å². The van der Waals surface area contributed by atoms with Gasteiger partial charge in [0.05, 0.1) is 0 Å². The molecular formula is C9H15N. The largest absolute Gasteiger partial charge is 0.308 e. The Hall–Kier alpha value is -0.850. The van der Waals surface area contributed by atoms with E-state index < -0.39 is 0 Å². The smallest absolute Gasteiger partial charge is 0.0207 e. The molecule has 0 bridgehead atoms. The van der Waals surface area contributed by atoms with Gasteiger partial charge in [0.25, 0.3) is 0 Å². The highest BCUT2D eigenvalue weighted by molar-refractivity contribution is 5.75. The van der Waals surface area contributed by atoms with Gasteiger partial charge in [-0.3, -0.25) is 0 Å². The van der Waals surface area contributed by atoms with E-state index in [-0.39, 0.29) is 0 Å². The van der Waals surface area contributed by atoms with Gasteiger partial charge >= 0.3 is 0 Å². The Morgan fingerprint density at radius 1 is 1.30 bits per heavy atom. The Balaban J connectivity index is 4.11. The quantitative estimate of drug-likeness (QED) is 0.457. The van der Waals surface area contributed by atoms with Crippen LogP contribution < -0.4 is 0 Å². The average Bonchev–Trinajstić information content (AvgIpc) is 1.88. The van der Waals surface area contributed by atoms with Crippen molar-refractivity contribution in [3.05, 3.63) is 23.3 Å². The minimum atomic E-state index is 1.00. The highest BCUT2D eigenvalue weighted by Gasteiger charge is 1.82. The van der Waals surface area contributed by atoms with Gasteiger partial charge in [-0.15, -0.1) is 0 Å². The first-order valence-corrected chi connectivity index (χ1v) is 3.56. The number of hydrogen-bond donors (Lipinski definition) is 1. The molecule has 0 saturated carbocycles. The minimum Gasteiger partial charge on any atom is -0.308 e. The molecule has 0 radical (unpaired) electrons. The molecule has 0 aliphatic heterocycles. The molecule has 0 unspecified atom stereocenters. The van der Waals surface area contributed by atoms with E-state index in [9.17, 15) is 0 Å². The fourth-order valence-electron chi connectivity index (χ4n) is 0.782. The summed E-state index contributed by atoms with van der Waals surface area (Å²) in [7, 11) is 0. The third-order valence-corrected chi connectivity index (χ3v) is 1.21. The lowest BCUT2D eigenvalue weighted by atomic mass is 10.2. The van der Waals surface area contributed by atoms with Crippen LogP contribution in [0.5, 0.6) is 0 Å². The van der Waals surface area contributed by atoms with Crippen LogP contribution in [0.2, 0.25) is 0 Å². The van der Waals surface area contributed by atoms with Crippen molar-refractivity contribution in [2.45, 2.75) is 27.2 Å². The second-order valence-corrected chi connectivity index (χ2v) is 2.39. The van der Waals surface area contributed by atoms with Gasteiger partial charge in [0, 0.05) is 6.21 Å². The van der Waals surface area contributed by atoms with Crippen LogP contribution in [0.3, 0.4) is 0 Å². The molecule has 0 atom stereocenters. The second-order valence-electron chi connectivity index (χ2n) is 2.39. The lowest BCUT2D eigenvalue weighted by molar-refractivity contribution is 1.19. The van der Waals surface area contributed by atoms with Crippen LogP contribution in [-0.4, -0.2) is 6.21 Å². The van der Waals surface area contributed by atoms with Crippen molar-refractivity contribution in [2.24, 2.45) is 0 Å². The van der Waals surface area contributed by atoms with E-state index in [0.29, 0.717) is 0 Å². The van der Waals surface area contributed by atoms with Crippen molar-refractivity contribution in [3.8, 4) is 0 Å². The fraction of sp³-hybridized carbons (Fsp3) is 0.444. The predicted octanol–water partition coefficient (Wildman–Crippen LogP) is 2.94. The van der Waals surface area contributed by atoms with Crippen LogP contribution in [0.4, 0.5) is 0 Å². The normalized spacial score (nSPS) is 13.5. The Labute approximate surface area is 63.0 Å². The third-order valence-electron chi connectivity index (χ3n) is 1.21. The van der Waals surface area contributed by atoms with Gasteiger partial charge in [0.15, 0.2) is 0 Å². The zero-order valence-corrected chi connectivity index (χ0v) is 6.94. The molecule has 1 N–H and O–H groups in total. The summed E-state index contributed by atoms with van der Waals surface area (Å²) in [4.78, 5) is 0. The van der Waals surface area contributed by atoms with E-state index in [4.69, 9.17) is 5.41 Å². The molecule has 0 rings (SSSR count). The molecule has 0 fully saturated rings. The minimum absolute atomic E-state index is 1.00. The topological polar surface area (TPSA) is 23.9 Å². The standard InChI is InChI=1S/C9H15N/c1-4-5-8(2)6-9(3)7-10/h5-7,10H,4H2,1-3H3/b8-5+,9-6-,10-7?. The van der Waals surface area contributed by atoms with Crippen molar-refractivity contribution in [1.29, 1.82) is 5.41 Å². The lowest BCUT2D eigenvalue weighted by Crippen LogP contribution is -1.76. The van der Waals surface area contributed by atoms with Gasteiger partial charge in [0.2, 0.25) is 0 Å². The van der Waals surface area contributed by atoms with Gasteiger partial charge in [-0.05, 0) is 25.8 Å². The molecule has 0 aliphatic carbocycles. The number of rotatable bonds is 3. The molecule has 10 heavy (non-hydrogen) atoms. The van der Waals surface area contributed by atoms with Crippen LogP contribution in [0, 0.1) is 5.41 Å². The molecule has 0 aliphatic rings. The summed E-state index contributed by atoms with van der Waals surface area (Å²) in [6.07, 6.45) is 6.59. The number of nitrogens with one attached hydrogen (secondary N) is 1. The second kappa shape index (κ2) is 4.98. The van der Waals surface area contributed by atoms with Gasteiger partial charge in [-0.25, -0.2) is 0 Å². The van der Waals surface area contributed by atoms with Gasteiger partial charge in [-0.2, -0.15) is 0 Å². The Morgan fingerprint density at radius 3 is 2.30 bits per heavy atom. The maximum absolute atomic E-state index is 6.91. The van der Waals surface area contributed by atoms with Crippen LogP contribution in [0.25, 0.3) is 0 Å². The van der Waals surface area contributed by atoms with E-state index >= 15 is 0 Å². The summed E-state index contributed by atoms with van der Waals surface area (Å²) in [5.74, 6) is 0. The molecular weight excluding hydrogens is 122 g/mol. The van der Waals surface area contributed by atoms with E-state index in [1.54, 1.807) is 0 Å². The molecule has 0 aromatic rings. The zero-order valence-electron chi connectivity index (χ0n) is 6.94. The van der Waals surface area contributed by atoms with Crippen molar-refractivity contribution < 1.29 is 0 Å². The Bertz CT molecular complexity index is 164. The summed E-state index contributed by atoms with van der Waals surface area (Å²) in [6, 6.07) is 0. The van der Waals surface area contributed by atoms with Gasteiger partial charge < -0.3 is 5.41 Å². The van der Waals surface area contributed by atoms with Gasteiger partial charge in [0.1, 0.15) is 0 Å². The molecule has 0 amide bonds. The highest BCUT2D eigenvalue weighted by Crippen LogP contribution is 2.00. The predicted molar refractivity (Wildman–Crippen MR) is 46.6 cm³/mol. The summed E-state index contributed by atoms with van der Waals surface area (Å²) in [6.45, 7) is 6.09. The maximum atomic E-state index is 6.91. The summed E-state index contributed by atoms with van der Waals surface area (Å²) < 4.78 is 0. The summed E-state index contributed by atoms with van der Waals surface area (Å²) >= 11 is 0. The molecule has 0 spiro atoms. The zero-order chi connectivity index (χ0) is 7.98. The molecule has 0 aromatic carbocycles. The summed E-state index contributed by atoms with van der Waals surface area (Å²) in [5.41, 5.74) is 2.24. The maximum Gasteiger partial charge on any atom is 0.0207 e. The first-order chi connectivity index (χ1) is 4.70. The highest BCUT2D eigenvalue weighted by atomic mass is 14.3. The first kappa shape index (κ1) is 9.15. The van der Waals surface area contributed by atoms with Gasteiger partial charge in [-0.1, -0.05) is 24.6 Å². The van der Waals surface area contributed by atoms with Crippen LogP contribution >= 0.6 is 0 Å². The van der Waals surface area contributed by atoms with Crippen LogP contribution in [0.15, 0.2) is 23.3 Å². The molecule has 1 heteroatoms. The lowest BCUT2D eigenvalue weighted by Gasteiger charge is -1.91. The number of hydrogen-bond acceptors (Lipinski definition) is 1. The molecule has 0 saturated heterocycles. The van der Waals surface area contributed by atoms with E-state index in [1.165, 1.54) is 11.8 Å². The molecule has 56 valence electrons. The van der Waals surface area contributed by atoms with E-state index in [1.807, 2.05) is 13.0 Å². The van der Waals surface area contributed by atoms with E-state index in [0.717, 1.165) is 12.0 Å².